The third kappa shape index (κ3) is 4.98. The van der Waals surface area contributed by atoms with E-state index < -0.39 is 8.32 Å². The van der Waals surface area contributed by atoms with Crippen LogP contribution in [0.25, 0.3) is 0 Å². The zero-order chi connectivity index (χ0) is 12.0. The van der Waals surface area contributed by atoms with Crippen LogP contribution in [0.2, 0.25) is 19.1 Å². The zero-order valence-corrected chi connectivity index (χ0v) is 11.0. The monoisotopic (exact) mass is 238 g/mol. The molecule has 4 heteroatoms. The van der Waals surface area contributed by atoms with E-state index in [4.69, 9.17) is 9.16 Å². The van der Waals surface area contributed by atoms with Gasteiger partial charge < -0.3 is 9.16 Å². The van der Waals surface area contributed by atoms with Gasteiger partial charge in [0.05, 0.1) is 6.61 Å². The number of para-hydroxylation sites is 1. The molecule has 0 aromatic heterocycles. The van der Waals surface area contributed by atoms with Gasteiger partial charge in [0.1, 0.15) is 5.75 Å². The van der Waals surface area contributed by atoms with Crippen molar-refractivity contribution in [2.75, 3.05) is 6.61 Å². The molecule has 0 spiro atoms. The lowest BCUT2D eigenvalue weighted by atomic mass is 10.3. The zero-order valence-electron chi connectivity index (χ0n) is 10.0. The molecule has 88 valence electrons. The summed E-state index contributed by atoms with van der Waals surface area (Å²) in [5.41, 5.74) is 0. The van der Waals surface area contributed by atoms with E-state index in [-0.39, 0.29) is 5.97 Å². The molecule has 16 heavy (non-hydrogen) atoms. The van der Waals surface area contributed by atoms with Crippen molar-refractivity contribution < 1.29 is 14.0 Å². The minimum Gasteiger partial charge on any atom is -0.544 e. The summed E-state index contributed by atoms with van der Waals surface area (Å²) >= 11 is 0. The van der Waals surface area contributed by atoms with Crippen molar-refractivity contribution in [1.82, 2.24) is 0 Å². The Morgan fingerprint density at radius 3 is 2.44 bits per heavy atom. The Morgan fingerprint density at radius 1 is 1.25 bits per heavy atom. The average molecular weight is 238 g/mol. The van der Waals surface area contributed by atoms with Gasteiger partial charge in [-0.05, 0) is 25.2 Å². The Labute approximate surface area is 97.5 Å². The molecule has 0 aliphatic rings. The highest BCUT2D eigenvalue weighted by Gasteiger charge is 2.24. The first kappa shape index (κ1) is 12.8. The predicted octanol–water partition coefficient (Wildman–Crippen LogP) is 2.83. The summed E-state index contributed by atoms with van der Waals surface area (Å²) in [6, 6.07) is 10.6. The van der Waals surface area contributed by atoms with Gasteiger partial charge in [0.15, 0.2) is 0 Å². The molecule has 0 N–H and O–H groups in total. The van der Waals surface area contributed by atoms with E-state index in [9.17, 15) is 4.79 Å². The molecule has 0 atom stereocenters. The molecular formula is C12H18O3Si. The number of carbonyl (C=O) groups is 1. The molecule has 0 radical (unpaired) electrons. The van der Waals surface area contributed by atoms with Crippen LogP contribution in [0.3, 0.4) is 0 Å². The Bertz CT molecular complexity index is 335. The second-order valence-corrected chi connectivity index (χ2v) is 8.49. The van der Waals surface area contributed by atoms with E-state index in [1.165, 1.54) is 6.92 Å². The molecule has 0 bridgehead atoms. The van der Waals surface area contributed by atoms with Crippen molar-refractivity contribution in [3.63, 3.8) is 0 Å². The highest BCUT2D eigenvalue weighted by Crippen LogP contribution is 2.18. The number of hydrogen-bond donors (Lipinski definition) is 0. The fraction of sp³-hybridized carbons (Fsp3) is 0.417. The number of hydrogen-bond acceptors (Lipinski definition) is 3. The first-order chi connectivity index (χ1) is 7.49. The highest BCUT2D eigenvalue weighted by molar-refractivity contribution is 6.71. The second kappa shape index (κ2) is 5.70. The molecule has 0 amide bonds. The first-order valence-corrected chi connectivity index (χ1v) is 8.48. The number of ether oxygens (including phenoxy) is 1. The maximum Gasteiger partial charge on any atom is 0.302 e. The van der Waals surface area contributed by atoms with Crippen molar-refractivity contribution >= 4 is 14.3 Å². The van der Waals surface area contributed by atoms with Crippen LogP contribution in [-0.2, 0) is 9.53 Å². The van der Waals surface area contributed by atoms with Gasteiger partial charge in [-0.2, -0.15) is 0 Å². The summed E-state index contributed by atoms with van der Waals surface area (Å²) in [4.78, 5) is 10.6. The van der Waals surface area contributed by atoms with Crippen molar-refractivity contribution in [2.45, 2.75) is 26.1 Å². The molecule has 1 rings (SSSR count). The summed E-state index contributed by atoms with van der Waals surface area (Å²) in [6.45, 7) is 6.10. The molecule has 1 aromatic rings. The molecule has 0 fully saturated rings. The molecular weight excluding hydrogens is 220 g/mol. The van der Waals surface area contributed by atoms with Crippen LogP contribution < -0.4 is 4.43 Å². The molecule has 0 saturated carbocycles. The lowest BCUT2D eigenvalue weighted by Crippen LogP contribution is -2.35. The highest BCUT2D eigenvalue weighted by atomic mass is 28.4. The second-order valence-electron chi connectivity index (χ2n) is 4.26. The molecule has 0 unspecified atom stereocenters. The molecule has 0 aliphatic heterocycles. The molecule has 0 heterocycles. The number of esters is 1. The van der Waals surface area contributed by atoms with E-state index in [0.717, 1.165) is 11.8 Å². The van der Waals surface area contributed by atoms with Crippen LogP contribution in [0.15, 0.2) is 30.3 Å². The van der Waals surface area contributed by atoms with E-state index in [1.807, 2.05) is 30.3 Å². The largest absolute Gasteiger partial charge is 0.544 e. The normalized spacial score (nSPS) is 10.9. The molecule has 3 nitrogen and oxygen atoms in total. The standard InChI is InChI=1S/C12H18O3Si/c1-11(13)14-9-10-16(2,3)15-12-7-5-4-6-8-12/h4-8H,9-10H2,1-3H3. The first-order valence-electron chi connectivity index (χ1n) is 5.37. The van der Waals surface area contributed by atoms with E-state index in [2.05, 4.69) is 13.1 Å². The Balaban J connectivity index is 2.42. The van der Waals surface area contributed by atoms with Crippen LogP contribution >= 0.6 is 0 Å². The maximum atomic E-state index is 10.6. The summed E-state index contributed by atoms with van der Waals surface area (Å²) in [6.07, 6.45) is 0. The van der Waals surface area contributed by atoms with Crippen molar-refractivity contribution in [2.24, 2.45) is 0 Å². The van der Waals surface area contributed by atoms with Gasteiger partial charge in [-0.3, -0.25) is 4.79 Å². The van der Waals surface area contributed by atoms with Crippen molar-refractivity contribution in [3.8, 4) is 5.75 Å². The van der Waals surface area contributed by atoms with E-state index >= 15 is 0 Å². The van der Waals surface area contributed by atoms with Gasteiger partial charge in [0.25, 0.3) is 0 Å². The summed E-state index contributed by atoms with van der Waals surface area (Å²) in [7, 11) is -1.79. The van der Waals surface area contributed by atoms with E-state index in [1.54, 1.807) is 0 Å². The van der Waals surface area contributed by atoms with Crippen LogP contribution in [0.5, 0.6) is 5.75 Å². The topological polar surface area (TPSA) is 35.5 Å². The number of benzene rings is 1. The smallest absolute Gasteiger partial charge is 0.302 e. The van der Waals surface area contributed by atoms with Crippen LogP contribution in [-0.4, -0.2) is 20.9 Å². The minimum atomic E-state index is -1.79. The summed E-state index contributed by atoms with van der Waals surface area (Å²) in [5, 5.41) is 0. The Morgan fingerprint density at radius 2 is 1.88 bits per heavy atom. The van der Waals surface area contributed by atoms with Crippen molar-refractivity contribution in [3.05, 3.63) is 30.3 Å². The quantitative estimate of drug-likeness (QED) is 0.584. The van der Waals surface area contributed by atoms with Gasteiger partial charge in [0, 0.05) is 13.0 Å². The van der Waals surface area contributed by atoms with Crippen LogP contribution in [0.4, 0.5) is 0 Å². The van der Waals surface area contributed by atoms with Crippen molar-refractivity contribution in [1.29, 1.82) is 0 Å². The summed E-state index contributed by atoms with van der Waals surface area (Å²) < 4.78 is 10.9. The average Bonchev–Trinajstić information content (AvgIpc) is 2.17. The van der Waals surface area contributed by atoms with Crippen LogP contribution in [0.1, 0.15) is 6.92 Å². The fourth-order valence-electron chi connectivity index (χ4n) is 1.30. The van der Waals surface area contributed by atoms with Gasteiger partial charge in [-0.15, -0.1) is 0 Å². The van der Waals surface area contributed by atoms with E-state index in [0.29, 0.717) is 6.61 Å². The third-order valence-corrected chi connectivity index (χ3v) is 4.34. The SMILES string of the molecule is CC(=O)OCC[Si](C)(C)Oc1ccccc1. The van der Waals surface area contributed by atoms with Gasteiger partial charge in [-0.25, -0.2) is 0 Å². The molecule has 1 aromatic carbocycles. The third-order valence-electron chi connectivity index (χ3n) is 2.15. The maximum absolute atomic E-state index is 10.6. The fourth-order valence-corrected chi connectivity index (χ4v) is 2.77. The minimum absolute atomic E-state index is 0.232. The lowest BCUT2D eigenvalue weighted by Gasteiger charge is -2.23. The predicted molar refractivity (Wildman–Crippen MR) is 66.0 cm³/mol. The van der Waals surface area contributed by atoms with Crippen LogP contribution in [0, 0.1) is 0 Å². The Kier molecular flexibility index (Phi) is 4.55. The lowest BCUT2D eigenvalue weighted by molar-refractivity contribution is -0.140. The van der Waals surface area contributed by atoms with Gasteiger partial charge >= 0.3 is 5.97 Å². The number of carbonyl (C=O) groups excluding carboxylic acids is 1. The summed E-state index contributed by atoms with van der Waals surface area (Å²) in [5.74, 6) is 0.659. The number of rotatable bonds is 5. The molecule has 0 aliphatic carbocycles. The Hall–Kier alpha value is -1.29. The van der Waals surface area contributed by atoms with Gasteiger partial charge in [-0.1, -0.05) is 18.2 Å². The molecule has 0 saturated heterocycles. The van der Waals surface area contributed by atoms with Gasteiger partial charge in [0.2, 0.25) is 8.32 Å².